The van der Waals surface area contributed by atoms with Crippen molar-refractivity contribution in [2.45, 2.75) is 55.2 Å². The van der Waals surface area contributed by atoms with E-state index in [1.54, 1.807) is 0 Å². The molecule has 3 rings (SSSR count). The molecule has 0 bridgehead atoms. The molecule has 15 heteroatoms. The molecule has 0 aliphatic carbocycles. The Kier molecular flexibility index (Phi) is 8.68. The lowest BCUT2D eigenvalue weighted by Crippen LogP contribution is -2.68. The summed E-state index contributed by atoms with van der Waals surface area (Å²) in [7, 11) is 0. The quantitative estimate of drug-likeness (QED) is 0.132. The fraction of sp³-hybridized carbons (Fsp3) is 0.455. The highest BCUT2D eigenvalue weighted by atomic mass is 35.6. The van der Waals surface area contributed by atoms with Crippen LogP contribution in [-0.2, 0) is 38.1 Å². The number of amides is 2. The highest BCUT2D eigenvalue weighted by Crippen LogP contribution is 2.37. The molecule has 2 amide bonds. The van der Waals surface area contributed by atoms with Crippen LogP contribution in [0, 0.1) is 5.41 Å². The Labute approximate surface area is 225 Å². The number of esters is 3. The maximum Gasteiger partial charge on any atom is 0.303 e. The molecule has 1 aromatic rings. The van der Waals surface area contributed by atoms with E-state index < -0.39 is 76.7 Å². The van der Waals surface area contributed by atoms with E-state index in [1.165, 1.54) is 24.3 Å². The van der Waals surface area contributed by atoms with Crippen molar-refractivity contribution in [3.05, 3.63) is 35.4 Å². The highest BCUT2D eigenvalue weighted by molar-refractivity contribution is 6.76. The molecule has 2 aliphatic heterocycles. The van der Waals surface area contributed by atoms with Gasteiger partial charge in [-0.3, -0.25) is 34.3 Å². The zero-order chi connectivity index (χ0) is 27.7. The van der Waals surface area contributed by atoms with Gasteiger partial charge in [0.2, 0.25) is 12.2 Å². The minimum atomic E-state index is -2.38. The first-order chi connectivity index (χ1) is 17.2. The first kappa shape index (κ1) is 28.6. The number of ether oxygens (including phenoxy) is 5. The molecule has 2 heterocycles. The molecule has 0 spiro atoms. The summed E-state index contributed by atoms with van der Waals surface area (Å²) in [5, 5.41) is 8.01. The number of carbonyl (C=O) groups excluding carboxylic acids is 5. The van der Waals surface area contributed by atoms with Crippen molar-refractivity contribution in [2.24, 2.45) is 0 Å². The predicted octanol–water partition coefficient (Wildman–Crippen LogP) is 2.17. The lowest BCUT2D eigenvalue weighted by atomic mass is 9.94. The fourth-order valence-electron chi connectivity index (χ4n) is 3.92. The minimum Gasteiger partial charge on any atom is -0.463 e. The molecular weight excluding hydrogens is 559 g/mol. The number of halogens is 3. The van der Waals surface area contributed by atoms with Crippen LogP contribution < -0.4 is 0 Å². The molecule has 1 aromatic carbocycles. The molecule has 12 nitrogen and oxygen atoms in total. The Morgan fingerprint density at radius 1 is 0.919 bits per heavy atom. The van der Waals surface area contributed by atoms with Crippen LogP contribution in [0.15, 0.2) is 24.3 Å². The summed E-state index contributed by atoms with van der Waals surface area (Å²) in [6.07, 6.45) is -6.23. The van der Waals surface area contributed by atoms with Gasteiger partial charge in [0.1, 0.15) is 18.8 Å². The Hall–Kier alpha value is -2.93. The zero-order valence-corrected chi connectivity index (χ0v) is 21.8. The topological polar surface area (TPSA) is 159 Å². The van der Waals surface area contributed by atoms with Crippen molar-refractivity contribution in [2.75, 3.05) is 6.61 Å². The maximum atomic E-state index is 13.3. The van der Waals surface area contributed by atoms with E-state index in [1.807, 2.05) is 0 Å². The SMILES string of the molecule is CC(=O)OCC1O[C@@H](OC(=N)C(Cl)(Cl)Cl)C(N2C(=O)c3ccccc3C2=O)C(OC(C)=O)[C@@H]1OC(C)=O. The molecule has 0 aromatic heterocycles. The molecule has 5 atom stereocenters. The summed E-state index contributed by atoms with van der Waals surface area (Å²) < 4.78 is 24.6. The molecule has 3 unspecified atom stereocenters. The molecule has 200 valence electrons. The number of carbonyl (C=O) groups is 5. The third-order valence-electron chi connectivity index (χ3n) is 5.28. The molecular formula is C22H21Cl3N2O10. The normalized spacial score (nSPS) is 25.2. The second kappa shape index (κ2) is 11.2. The minimum absolute atomic E-state index is 0.0374. The van der Waals surface area contributed by atoms with E-state index in [0.717, 1.165) is 20.8 Å². The smallest absolute Gasteiger partial charge is 0.303 e. The van der Waals surface area contributed by atoms with E-state index in [0.29, 0.717) is 4.90 Å². The molecule has 0 saturated carbocycles. The summed E-state index contributed by atoms with van der Waals surface area (Å²) in [6.45, 7) is 2.69. The second-order valence-corrected chi connectivity index (χ2v) is 10.2. The van der Waals surface area contributed by atoms with Gasteiger partial charge in [-0.15, -0.1) is 0 Å². The fourth-order valence-corrected chi connectivity index (χ4v) is 4.05. The van der Waals surface area contributed by atoms with E-state index in [4.69, 9.17) is 63.9 Å². The summed E-state index contributed by atoms with van der Waals surface area (Å²) in [6, 6.07) is 4.26. The predicted molar refractivity (Wildman–Crippen MR) is 126 cm³/mol. The van der Waals surface area contributed by atoms with Crippen LogP contribution in [0.3, 0.4) is 0 Å². The highest BCUT2D eigenvalue weighted by Gasteiger charge is 2.58. The van der Waals surface area contributed by atoms with Crippen LogP contribution in [0.25, 0.3) is 0 Å². The van der Waals surface area contributed by atoms with Gasteiger partial charge in [-0.2, -0.15) is 0 Å². The number of hydrogen-bond donors (Lipinski definition) is 1. The first-order valence-electron chi connectivity index (χ1n) is 10.6. The number of nitrogens with zero attached hydrogens (tertiary/aromatic N) is 1. The Morgan fingerprint density at radius 2 is 1.43 bits per heavy atom. The Balaban J connectivity index is 2.14. The van der Waals surface area contributed by atoms with Crippen molar-refractivity contribution in [3.8, 4) is 0 Å². The van der Waals surface area contributed by atoms with Crippen molar-refractivity contribution in [3.63, 3.8) is 0 Å². The van der Waals surface area contributed by atoms with Crippen LogP contribution in [0.1, 0.15) is 41.5 Å². The van der Waals surface area contributed by atoms with Gasteiger partial charge in [-0.05, 0) is 12.1 Å². The summed E-state index contributed by atoms with van der Waals surface area (Å²) >= 11 is 17.3. The van der Waals surface area contributed by atoms with E-state index in [9.17, 15) is 24.0 Å². The van der Waals surface area contributed by atoms with Crippen molar-refractivity contribution >= 4 is 70.4 Å². The third kappa shape index (κ3) is 6.32. The van der Waals surface area contributed by atoms with Gasteiger partial charge in [-0.25, -0.2) is 0 Å². The maximum absolute atomic E-state index is 13.3. The van der Waals surface area contributed by atoms with Crippen molar-refractivity contribution in [1.29, 1.82) is 5.41 Å². The number of benzene rings is 1. The van der Waals surface area contributed by atoms with Crippen LogP contribution in [0.5, 0.6) is 0 Å². The lowest BCUT2D eigenvalue weighted by Gasteiger charge is -2.47. The van der Waals surface area contributed by atoms with E-state index in [2.05, 4.69) is 0 Å². The molecule has 1 N–H and O–H groups in total. The average Bonchev–Trinajstić information content (AvgIpc) is 3.03. The molecule has 2 aliphatic rings. The van der Waals surface area contributed by atoms with Gasteiger partial charge in [0.25, 0.3) is 15.6 Å². The standard InChI is InChI=1S/C22H21Cl3N2O10/c1-9(28)33-8-14-16(34-10(2)29)17(35-11(3)30)15(20(36-14)37-21(26)22(23,24)25)27-18(31)12-6-4-5-7-13(12)19(27)32/h4-7,14-17,20,26H,8H2,1-3H3/t14?,15?,16-,17?,20+/m1/s1. The third-order valence-corrected chi connectivity index (χ3v) is 5.80. The number of imide groups is 1. The van der Waals surface area contributed by atoms with Gasteiger partial charge in [0.15, 0.2) is 12.2 Å². The number of alkyl halides is 3. The van der Waals surface area contributed by atoms with Crippen LogP contribution in [0.2, 0.25) is 0 Å². The average molecular weight is 580 g/mol. The van der Waals surface area contributed by atoms with Gasteiger partial charge >= 0.3 is 17.9 Å². The monoisotopic (exact) mass is 578 g/mol. The number of rotatable bonds is 6. The van der Waals surface area contributed by atoms with Gasteiger partial charge in [0.05, 0.1) is 11.1 Å². The first-order valence-corrected chi connectivity index (χ1v) is 11.8. The van der Waals surface area contributed by atoms with E-state index >= 15 is 0 Å². The van der Waals surface area contributed by atoms with Gasteiger partial charge in [0, 0.05) is 20.8 Å². The number of fused-ring (bicyclic) bond motifs is 1. The van der Waals surface area contributed by atoms with Gasteiger partial charge in [-0.1, -0.05) is 46.9 Å². The van der Waals surface area contributed by atoms with Crippen molar-refractivity contribution in [1.82, 2.24) is 4.90 Å². The largest absolute Gasteiger partial charge is 0.463 e. The van der Waals surface area contributed by atoms with Crippen LogP contribution >= 0.6 is 34.8 Å². The lowest BCUT2D eigenvalue weighted by molar-refractivity contribution is -0.268. The Morgan fingerprint density at radius 3 is 1.89 bits per heavy atom. The Bertz CT molecular complexity index is 1100. The van der Waals surface area contributed by atoms with E-state index in [-0.39, 0.29) is 11.1 Å². The molecule has 1 saturated heterocycles. The van der Waals surface area contributed by atoms with Crippen LogP contribution in [0.4, 0.5) is 0 Å². The van der Waals surface area contributed by atoms with Crippen LogP contribution in [-0.4, -0.2) is 81.6 Å². The van der Waals surface area contributed by atoms with Gasteiger partial charge < -0.3 is 23.7 Å². The molecule has 37 heavy (non-hydrogen) atoms. The molecule has 0 radical (unpaired) electrons. The second-order valence-electron chi connectivity index (χ2n) is 7.95. The van der Waals surface area contributed by atoms with Crippen molar-refractivity contribution < 1.29 is 47.7 Å². The summed E-state index contributed by atoms with van der Waals surface area (Å²) in [4.78, 5) is 62.9. The number of hydrogen-bond acceptors (Lipinski definition) is 11. The zero-order valence-electron chi connectivity index (χ0n) is 19.6. The number of nitrogens with one attached hydrogen (secondary N) is 1. The summed E-state index contributed by atoms with van der Waals surface area (Å²) in [5.74, 6) is -5.01. The molecule has 1 fully saturated rings. The summed E-state index contributed by atoms with van der Waals surface area (Å²) in [5.41, 5.74) is 0.0747.